The topological polar surface area (TPSA) is 44.8 Å². The quantitative estimate of drug-likeness (QED) is 0.799. The van der Waals surface area contributed by atoms with E-state index in [-0.39, 0.29) is 17.5 Å². The summed E-state index contributed by atoms with van der Waals surface area (Å²) in [5.74, 6) is -0.312. The van der Waals surface area contributed by atoms with Gasteiger partial charge in [-0.15, -0.1) is 0 Å². The molecule has 1 aliphatic rings. The third kappa shape index (κ3) is 3.99. The first-order chi connectivity index (χ1) is 9.94. The fourth-order valence-corrected chi connectivity index (χ4v) is 3.88. The number of methoxy groups -OCH3 is 1. The van der Waals surface area contributed by atoms with E-state index in [0.29, 0.717) is 6.42 Å². The number of benzene rings is 1. The number of hydrogen-bond donors (Lipinski definition) is 0. The summed E-state index contributed by atoms with van der Waals surface area (Å²) in [5, 5.41) is 0. The summed E-state index contributed by atoms with van der Waals surface area (Å²) in [6.07, 6.45) is 0.0483. The van der Waals surface area contributed by atoms with Crippen LogP contribution in [0.25, 0.3) is 0 Å². The zero-order valence-electron chi connectivity index (χ0n) is 12.9. The molecule has 1 heterocycles. The van der Waals surface area contributed by atoms with Crippen molar-refractivity contribution in [3.05, 3.63) is 30.3 Å². The molecule has 116 valence electrons. The first kappa shape index (κ1) is 16.3. The Morgan fingerprint density at radius 1 is 1.38 bits per heavy atom. The molecule has 0 spiro atoms. The third-order valence-electron chi connectivity index (χ3n) is 3.74. The molecule has 1 aliphatic heterocycles. The van der Waals surface area contributed by atoms with Crippen LogP contribution in [0.4, 0.5) is 0 Å². The van der Waals surface area contributed by atoms with E-state index in [9.17, 15) is 4.79 Å². The van der Waals surface area contributed by atoms with Gasteiger partial charge in [-0.2, -0.15) is 0 Å². The minimum absolute atomic E-state index is 0.0286. The van der Waals surface area contributed by atoms with Gasteiger partial charge >= 0.3 is 5.97 Å². The highest BCUT2D eigenvalue weighted by atomic mass is 32.2. The van der Waals surface area contributed by atoms with Crippen LogP contribution in [0.3, 0.4) is 0 Å². The van der Waals surface area contributed by atoms with Crippen molar-refractivity contribution in [1.82, 2.24) is 0 Å². The molecule has 0 aromatic heterocycles. The Kier molecular flexibility index (Phi) is 5.30. The van der Waals surface area contributed by atoms with E-state index < -0.39 is 11.7 Å². The normalized spacial score (nSPS) is 32.7. The van der Waals surface area contributed by atoms with Gasteiger partial charge in [0.15, 0.2) is 6.10 Å². The zero-order valence-corrected chi connectivity index (χ0v) is 13.7. The van der Waals surface area contributed by atoms with E-state index in [1.165, 1.54) is 6.92 Å². The molecule has 0 bridgehead atoms. The lowest BCUT2D eigenvalue weighted by Crippen LogP contribution is -2.56. The molecule has 1 aromatic rings. The van der Waals surface area contributed by atoms with E-state index in [1.54, 1.807) is 18.9 Å². The second kappa shape index (κ2) is 6.81. The third-order valence-corrected chi connectivity index (χ3v) is 4.82. The van der Waals surface area contributed by atoms with Crippen LogP contribution in [0.2, 0.25) is 0 Å². The van der Waals surface area contributed by atoms with Crippen LogP contribution in [-0.4, -0.2) is 36.3 Å². The monoisotopic (exact) mass is 310 g/mol. The first-order valence-corrected chi connectivity index (χ1v) is 7.92. The molecule has 0 radical (unpaired) electrons. The molecule has 21 heavy (non-hydrogen) atoms. The van der Waals surface area contributed by atoms with Crippen molar-refractivity contribution in [3.63, 3.8) is 0 Å². The number of ether oxygens (including phenoxy) is 3. The molecule has 0 saturated carbocycles. The molecule has 4 nitrogen and oxygen atoms in total. The summed E-state index contributed by atoms with van der Waals surface area (Å²) in [4.78, 5) is 12.4. The molecule has 4 unspecified atom stereocenters. The number of thioether (sulfide) groups is 1. The molecule has 0 amide bonds. The Bertz CT molecular complexity index is 478. The maximum Gasteiger partial charge on any atom is 0.303 e. The van der Waals surface area contributed by atoms with Crippen molar-refractivity contribution < 1.29 is 19.0 Å². The average Bonchev–Trinajstić information content (AvgIpc) is 2.44. The summed E-state index contributed by atoms with van der Waals surface area (Å²) in [6.45, 7) is 5.30. The molecule has 4 atom stereocenters. The SMILES string of the molecule is COC1(C)CC(Sc2ccccc2)OC(C)C1OC(C)=O. The van der Waals surface area contributed by atoms with E-state index in [1.807, 2.05) is 32.0 Å². The predicted molar refractivity (Wildman–Crippen MR) is 82.2 cm³/mol. The molecule has 1 fully saturated rings. The number of carbonyl (C=O) groups excluding carboxylic acids is 1. The van der Waals surface area contributed by atoms with E-state index in [0.717, 1.165) is 4.90 Å². The Morgan fingerprint density at radius 3 is 2.62 bits per heavy atom. The van der Waals surface area contributed by atoms with Crippen LogP contribution in [0.15, 0.2) is 35.2 Å². The van der Waals surface area contributed by atoms with Crippen LogP contribution in [0, 0.1) is 0 Å². The molecule has 1 saturated heterocycles. The van der Waals surface area contributed by atoms with Gasteiger partial charge < -0.3 is 14.2 Å². The van der Waals surface area contributed by atoms with Crippen LogP contribution in [0.5, 0.6) is 0 Å². The highest BCUT2D eigenvalue weighted by molar-refractivity contribution is 7.99. The van der Waals surface area contributed by atoms with Gasteiger partial charge in [-0.1, -0.05) is 30.0 Å². The van der Waals surface area contributed by atoms with Crippen LogP contribution in [0.1, 0.15) is 27.2 Å². The molecular formula is C16H22O4S. The maximum absolute atomic E-state index is 11.3. The van der Waals surface area contributed by atoms with Gasteiger partial charge in [0.1, 0.15) is 11.0 Å². The van der Waals surface area contributed by atoms with Gasteiger partial charge in [0.05, 0.1) is 6.10 Å². The van der Waals surface area contributed by atoms with Crippen molar-refractivity contribution in [2.45, 2.75) is 55.3 Å². The Hall–Kier alpha value is -1.04. The number of hydrogen-bond acceptors (Lipinski definition) is 5. The maximum atomic E-state index is 11.3. The lowest BCUT2D eigenvalue weighted by molar-refractivity contribution is -0.215. The van der Waals surface area contributed by atoms with Crippen LogP contribution in [-0.2, 0) is 19.0 Å². The lowest BCUT2D eigenvalue weighted by Gasteiger charge is -2.45. The van der Waals surface area contributed by atoms with Crippen molar-refractivity contribution in [2.75, 3.05) is 7.11 Å². The van der Waals surface area contributed by atoms with Gasteiger partial charge in [0, 0.05) is 25.3 Å². The Morgan fingerprint density at radius 2 is 2.05 bits per heavy atom. The fourth-order valence-electron chi connectivity index (χ4n) is 2.62. The summed E-state index contributed by atoms with van der Waals surface area (Å²) < 4.78 is 17.1. The minimum Gasteiger partial charge on any atom is -0.457 e. The highest BCUT2D eigenvalue weighted by Crippen LogP contribution is 2.40. The average molecular weight is 310 g/mol. The minimum atomic E-state index is -0.546. The van der Waals surface area contributed by atoms with E-state index in [4.69, 9.17) is 14.2 Å². The second-order valence-corrected chi connectivity index (χ2v) is 6.69. The largest absolute Gasteiger partial charge is 0.457 e. The van der Waals surface area contributed by atoms with Gasteiger partial charge in [-0.25, -0.2) is 0 Å². The van der Waals surface area contributed by atoms with Gasteiger partial charge in [0.2, 0.25) is 0 Å². The fraction of sp³-hybridized carbons (Fsp3) is 0.562. The van der Waals surface area contributed by atoms with Gasteiger partial charge in [-0.05, 0) is 26.0 Å². The summed E-state index contributed by atoms with van der Waals surface area (Å²) >= 11 is 1.66. The zero-order chi connectivity index (χ0) is 15.5. The molecular weight excluding hydrogens is 288 g/mol. The summed E-state index contributed by atoms with van der Waals surface area (Å²) in [7, 11) is 1.65. The summed E-state index contributed by atoms with van der Waals surface area (Å²) in [5.41, 5.74) is -0.574. The molecule has 2 rings (SSSR count). The molecule has 1 aromatic carbocycles. The second-order valence-electron chi connectivity index (χ2n) is 5.45. The Labute approximate surface area is 130 Å². The molecule has 5 heteroatoms. The molecule has 0 N–H and O–H groups in total. The number of carbonyl (C=O) groups is 1. The molecule has 0 aliphatic carbocycles. The first-order valence-electron chi connectivity index (χ1n) is 7.04. The van der Waals surface area contributed by atoms with E-state index >= 15 is 0 Å². The van der Waals surface area contributed by atoms with Crippen molar-refractivity contribution in [1.29, 1.82) is 0 Å². The van der Waals surface area contributed by atoms with Crippen LogP contribution >= 0.6 is 11.8 Å². The standard InChI is InChI=1S/C16H22O4S/c1-11-15(20-12(2)17)16(3,18-4)10-14(19-11)21-13-8-6-5-7-9-13/h5-9,11,14-15H,10H2,1-4H3. The number of esters is 1. The van der Waals surface area contributed by atoms with Crippen LogP contribution < -0.4 is 0 Å². The predicted octanol–water partition coefficient (Wildman–Crippen LogP) is 3.25. The number of rotatable bonds is 4. The van der Waals surface area contributed by atoms with Gasteiger partial charge in [0.25, 0.3) is 0 Å². The summed E-state index contributed by atoms with van der Waals surface area (Å²) in [6, 6.07) is 10.1. The smallest absolute Gasteiger partial charge is 0.303 e. The Balaban J connectivity index is 2.10. The van der Waals surface area contributed by atoms with Crippen molar-refractivity contribution in [3.8, 4) is 0 Å². The van der Waals surface area contributed by atoms with Crippen molar-refractivity contribution >= 4 is 17.7 Å². The van der Waals surface area contributed by atoms with E-state index in [2.05, 4.69) is 12.1 Å². The van der Waals surface area contributed by atoms with Crippen molar-refractivity contribution in [2.24, 2.45) is 0 Å². The van der Waals surface area contributed by atoms with Gasteiger partial charge in [-0.3, -0.25) is 4.79 Å². The highest BCUT2D eigenvalue weighted by Gasteiger charge is 2.48. The lowest BCUT2D eigenvalue weighted by atomic mass is 9.89.